The van der Waals surface area contributed by atoms with Gasteiger partial charge in [-0.05, 0) is 25.5 Å². The molecule has 0 saturated heterocycles. The Balaban J connectivity index is 2.41. The van der Waals surface area contributed by atoms with Gasteiger partial charge in [-0.25, -0.2) is 4.79 Å². The van der Waals surface area contributed by atoms with Gasteiger partial charge in [0, 0.05) is 0 Å². The molecular weight excluding hydrogens is 216 g/mol. The van der Waals surface area contributed by atoms with Crippen LogP contribution in [0.1, 0.15) is 26.7 Å². The van der Waals surface area contributed by atoms with Crippen molar-refractivity contribution in [2.24, 2.45) is 0 Å². The predicted molar refractivity (Wildman–Crippen MR) is 66.7 cm³/mol. The molecule has 0 aliphatic rings. The molecule has 3 heteroatoms. The van der Waals surface area contributed by atoms with Gasteiger partial charge in [-0.3, -0.25) is 0 Å². The van der Waals surface area contributed by atoms with Crippen LogP contribution >= 0.6 is 0 Å². The molecule has 0 aromatic heterocycles. The molecule has 0 atom stereocenters. The number of carbonyl (C=O) groups excluding carboxylic acids is 1. The molecule has 0 aliphatic heterocycles. The molecule has 0 N–H and O–H groups in total. The highest BCUT2D eigenvalue weighted by molar-refractivity contribution is 5.87. The molecule has 0 aliphatic carbocycles. The van der Waals surface area contributed by atoms with Crippen LogP contribution in [0, 0.1) is 0 Å². The Hall–Kier alpha value is -1.77. The van der Waals surface area contributed by atoms with Crippen LogP contribution in [0.15, 0.2) is 42.2 Å². The third-order valence-electron chi connectivity index (χ3n) is 2.17. The third kappa shape index (κ3) is 5.20. The molecule has 0 saturated carbocycles. The summed E-state index contributed by atoms with van der Waals surface area (Å²) >= 11 is 0. The standard InChI is InChI=1S/C14H18O3/c1-3-4-10-16-14(15)12(2)11-17-13-8-6-5-7-9-13/h5-9,11H,3-4,10H2,1-2H3. The zero-order valence-electron chi connectivity index (χ0n) is 10.3. The lowest BCUT2D eigenvalue weighted by Crippen LogP contribution is -2.07. The number of rotatable bonds is 6. The highest BCUT2D eigenvalue weighted by atomic mass is 16.5. The summed E-state index contributed by atoms with van der Waals surface area (Å²) in [6.45, 7) is 4.19. The summed E-state index contributed by atoms with van der Waals surface area (Å²) in [6, 6.07) is 9.30. The van der Waals surface area contributed by atoms with Gasteiger partial charge in [0.05, 0.1) is 12.2 Å². The van der Waals surface area contributed by atoms with Crippen molar-refractivity contribution in [3.63, 3.8) is 0 Å². The number of benzene rings is 1. The maximum Gasteiger partial charge on any atom is 0.336 e. The summed E-state index contributed by atoms with van der Waals surface area (Å²) in [5, 5.41) is 0. The average Bonchev–Trinajstić information content (AvgIpc) is 2.37. The summed E-state index contributed by atoms with van der Waals surface area (Å²) in [6.07, 6.45) is 3.32. The second kappa shape index (κ2) is 7.49. The van der Waals surface area contributed by atoms with Gasteiger partial charge in [-0.15, -0.1) is 0 Å². The molecule has 0 spiro atoms. The van der Waals surface area contributed by atoms with E-state index in [9.17, 15) is 4.79 Å². The Morgan fingerprint density at radius 3 is 2.65 bits per heavy atom. The van der Waals surface area contributed by atoms with E-state index in [-0.39, 0.29) is 5.97 Å². The van der Waals surface area contributed by atoms with Crippen molar-refractivity contribution >= 4 is 5.97 Å². The first-order chi connectivity index (χ1) is 8.24. The van der Waals surface area contributed by atoms with E-state index in [4.69, 9.17) is 9.47 Å². The van der Waals surface area contributed by atoms with E-state index in [0.29, 0.717) is 17.9 Å². The first-order valence-corrected chi connectivity index (χ1v) is 5.79. The van der Waals surface area contributed by atoms with Gasteiger partial charge in [-0.2, -0.15) is 0 Å². The Morgan fingerprint density at radius 1 is 1.29 bits per heavy atom. The van der Waals surface area contributed by atoms with Crippen molar-refractivity contribution in [1.29, 1.82) is 0 Å². The zero-order valence-corrected chi connectivity index (χ0v) is 10.3. The normalized spacial score (nSPS) is 11.1. The van der Waals surface area contributed by atoms with E-state index in [1.807, 2.05) is 30.3 Å². The Labute approximate surface area is 102 Å². The van der Waals surface area contributed by atoms with E-state index in [0.717, 1.165) is 12.8 Å². The molecule has 1 aromatic rings. The lowest BCUT2D eigenvalue weighted by Gasteiger charge is -2.04. The van der Waals surface area contributed by atoms with E-state index < -0.39 is 0 Å². The molecule has 1 aromatic carbocycles. The topological polar surface area (TPSA) is 35.5 Å². The molecule has 0 heterocycles. The quantitative estimate of drug-likeness (QED) is 0.328. The number of carbonyl (C=O) groups is 1. The van der Waals surface area contributed by atoms with E-state index in [1.54, 1.807) is 6.92 Å². The van der Waals surface area contributed by atoms with Crippen molar-refractivity contribution in [2.75, 3.05) is 6.61 Å². The average molecular weight is 234 g/mol. The van der Waals surface area contributed by atoms with Crippen LogP contribution in [0.3, 0.4) is 0 Å². The van der Waals surface area contributed by atoms with Crippen molar-refractivity contribution in [3.05, 3.63) is 42.2 Å². The number of unbranched alkanes of at least 4 members (excludes halogenated alkanes) is 1. The smallest absolute Gasteiger partial charge is 0.336 e. The van der Waals surface area contributed by atoms with Crippen molar-refractivity contribution in [2.45, 2.75) is 26.7 Å². The van der Waals surface area contributed by atoms with Crippen LogP contribution in [-0.2, 0) is 9.53 Å². The van der Waals surface area contributed by atoms with Gasteiger partial charge in [-0.1, -0.05) is 31.5 Å². The first-order valence-electron chi connectivity index (χ1n) is 5.79. The molecule has 0 radical (unpaired) electrons. The van der Waals surface area contributed by atoms with Crippen LogP contribution in [0.2, 0.25) is 0 Å². The van der Waals surface area contributed by atoms with Crippen molar-refractivity contribution < 1.29 is 14.3 Å². The van der Waals surface area contributed by atoms with E-state index >= 15 is 0 Å². The highest BCUT2D eigenvalue weighted by Crippen LogP contribution is 2.10. The van der Waals surface area contributed by atoms with Gasteiger partial charge in [0.25, 0.3) is 0 Å². The minimum Gasteiger partial charge on any atom is -0.464 e. The largest absolute Gasteiger partial charge is 0.464 e. The minimum atomic E-state index is -0.325. The van der Waals surface area contributed by atoms with Gasteiger partial charge in [0.15, 0.2) is 0 Å². The molecule has 0 fully saturated rings. The number of hydrogen-bond donors (Lipinski definition) is 0. The van der Waals surface area contributed by atoms with Gasteiger partial charge in [0.1, 0.15) is 12.0 Å². The first kappa shape index (κ1) is 13.3. The molecule has 17 heavy (non-hydrogen) atoms. The number of para-hydroxylation sites is 1. The molecular formula is C14H18O3. The van der Waals surface area contributed by atoms with Crippen LogP contribution < -0.4 is 4.74 Å². The Kier molecular flexibility index (Phi) is 5.86. The van der Waals surface area contributed by atoms with Crippen molar-refractivity contribution in [3.8, 4) is 5.75 Å². The van der Waals surface area contributed by atoms with Gasteiger partial charge in [0.2, 0.25) is 0 Å². The van der Waals surface area contributed by atoms with Crippen LogP contribution in [0.25, 0.3) is 0 Å². The fraction of sp³-hybridized carbons (Fsp3) is 0.357. The fourth-order valence-electron chi connectivity index (χ4n) is 1.13. The molecule has 1 rings (SSSR count). The Morgan fingerprint density at radius 2 is 2.00 bits per heavy atom. The number of esters is 1. The minimum absolute atomic E-state index is 0.325. The number of ether oxygens (including phenoxy) is 2. The summed E-state index contributed by atoms with van der Waals surface area (Å²) in [7, 11) is 0. The molecule has 92 valence electrons. The summed E-state index contributed by atoms with van der Waals surface area (Å²) in [5.74, 6) is 0.377. The summed E-state index contributed by atoms with van der Waals surface area (Å²) in [5.41, 5.74) is 0.463. The predicted octanol–water partition coefficient (Wildman–Crippen LogP) is 3.31. The van der Waals surface area contributed by atoms with Gasteiger partial charge >= 0.3 is 5.97 Å². The maximum absolute atomic E-state index is 11.5. The van der Waals surface area contributed by atoms with E-state index in [1.165, 1.54) is 6.26 Å². The maximum atomic E-state index is 11.5. The van der Waals surface area contributed by atoms with E-state index in [2.05, 4.69) is 6.92 Å². The summed E-state index contributed by atoms with van der Waals surface area (Å²) < 4.78 is 10.4. The molecule has 3 nitrogen and oxygen atoms in total. The van der Waals surface area contributed by atoms with Crippen LogP contribution in [-0.4, -0.2) is 12.6 Å². The third-order valence-corrected chi connectivity index (χ3v) is 2.17. The second-order valence-electron chi connectivity index (χ2n) is 3.72. The molecule has 0 amide bonds. The fourth-order valence-corrected chi connectivity index (χ4v) is 1.13. The number of hydrogen-bond acceptors (Lipinski definition) is 3. The monoisotopic (exact) mass is 234 g/mol. The molecule has 0 bridgehead atoms. The lowest BCUT2D eigenvalue weighted by molar-refractivity contribution is -0.139. The Bertz CT molecular complexity index is 368. The lowest BCUT2D eigenvalue weighted by atomic mass is 10.3. The molecule has 0 unspecified atom stereocenters. The van der Waals surface area contributed by atoms with Crippen LogP contribution in [0.5, 0.6) is 5.75 Å². The SMILES string of the molecule is CCCCOC(=O)C(C)=COc1ccccc1. The summed E-state index contributed by atoms with van der Waals surface area (Å²) in [4.78, 5) is 11.5. The van der Waals surface area contributed by atoms with Crippen LogP contribution in [0.4, 0.5) is 0 Å². The highest BCUT2D eigenvalue weighted by Gasteiger charge is 2.05. The van der Waals surface area contributed by atoms with Gasteiger partial charge < -0.3 is 9.47 Å². The van der Waals surface area contributed by atoms with Crippen molar-refractivity contribution in [1.82, 2.24) is 0 Å². The zero-order chi connectivity index (χ0) is 12.5. The second-order valence-corrected chi connectivity index (χ2v) is 3.72.